The number of aliphatic hydroxyl groups is 6. The van der Waals surface area contributed by atoms with Crippen molar-refractivity contribution in [3.8, 4) is 0 Å². The van der Waals surface area contributed by atoms with Crippen LogP contribution < -0.4 is 0 Å². The van der Waals surface area contributed by atoms with Crippen LogP contribution in [-0.4, -0.2) is 126 Å². The van der Waals surface area contributed by atoms with Crippen molar-refractivity contribution in [3.05, 3.63) is 0 Å². The van der Waals surface area contributed by atoms with Crippen LogP contribution in [0.15, 0.2) is 0 Å². The fourth-order valence-corrected chi connectivity index (χ4v) is 15.0. The van der Waals surface area contributed by atoms with Gasteiger partial charge in [-0.25, -0.2) is 4.79 Å². The molecule has 5 aliphatic carbocycles. The van der Waals surface area contributed by atoms with Crippen molar-refractivity contribution in [1.82, 2.24) is 0 Å². The molecule has 7 rings (SSSR count). The van der Waals surface area contributed by atoms with Crippen molar-refractivity contribution in [1.29, 1.82) is 0 Å². The molecule has 0 radical (unpaired) electrons. The van der Waals surface area contributed by atoms with Gasteiger partial charge in [0.05, 0.1) is 17.6 Å². The first kappa shape index (κ1) is 42.7. The lowest BCUT2D eigenvalue weighted by molar-refractivity contribution is -0.383. The molecule has 14 heteroatoms. The standard InChI is InChI=1S/C42H68O14/c1-36(2)15-17-42(35(51)52)18-16-39(5)24(40(42,6)20-36)10-9-22-37(3)12-8-13-41(7,23(37)11-14-38(22,39)4)56-34-31(28(47)27(46)30(54-34)32(49)50)55-33-29(48)26(45)25(44)21(19-43)53-33/h21-31,33-34,43-48H,8-20H2,1-7H3,(H,49,50)(H,51,52)/t21-,22-,23+,24-,25-,26+,27+,28+,29-,30+,31-,33-,34+,37-,38-,39-,40+,41+,42-/m1/s1. The van der Waals surface area contributed by atoms with Crippen LogP contribution in [0.2, 0.25) is 0 Å². The van der Waals surface area contributed by atoms with Crippen molar-refractivity contribution in [2.24, 2.45) is 50.2 Å². The second-order valence-corrected chi connectivity index (χ2v) is 21.1. The molecule has 0 aromatic carbocycles. The molecule has 5 saturated carbocycles. The molecule has 0 aromatic heterocycles. The van der Waals surface area contributed by atoms with E-state index in [0.29, 0.717) is 25.2 Å². The van der Waals surface area contributed by atoms with Crippen molar-refractivity contribution in [2.45, 2.75) is 193 Å². The third kappa shape index (κ3) is 6.00. The number of carboxylic acids is 2. The predicted molar refractivity (Wildman–Crippen MR) is 199 cm³/mol. The second kappa shape index (κ2) is 14.1. The molecular weight excluding hydrogens is 728 g/mol. The van der Waals surface area contributed by atoms with Crippen LogP contribution in [0.1, 0.15) is 126 Å². The SMILES string of the molecule is CC1(C)CC[C@]2(C(=O)O)CC[C@]3(C)[C@@H](CC[C@@H]4[C@@]5(C)CCC[C@](C)(O[C@@H]6O[C@H](C(=O)O)[C@@H](O)[C@H](O)[C@H]6O[C@H]6O[C@H](CO)[C@@H](O)[C@H](O)[C@H]6O)[C@H]5CC[C@]43C)[C@]2(C)C1. The normalized spacial score (nSPS) is 55.5. The molecule has 2 heterocycles. The number of aliphatic hydroxyl groups excluding tert-OH is 6. The second-order valence-electron chi connectivity index (χ2n) is 21.1. The van der Waals surface area contributed by atoms with Gasteiger partial charge in [0.25, 0.3) is 0 Å². The number of ether oxygens (including phenoxy) is 4. The van der Waals surface area contributed by atoms with E-state index in [1.165, 1.54) is 0 Å². The van der Waals surface area contributed by atoms with Gasteiger partial charge in [0, 0.05) is 0 Å². The highest BCUT2D eigenvalue weighted by molar-refractivity contribution is 5.76. The third-order valence-corrected chi connectivity index (χ3v) is 18.0. The van der Waals surface area contributed by atoms with E-state index in [9.17, 15) is 50.4 Å². The maximum absolute atomic E-state index is 13.3. The van der Waals surface area contributed by atoms with Gasteiger partial charge in [0.2, 0.25) is 0 Å². The molecule has 0 unspecified atom stereocenters. The van der Waals surface area contributed by atoms with Gasteiger partial charge >= 0.3 is 11.9 Å². The monoisotopic (exact) mass is 796 g/mol. The van der Waals surface area contributed by atoms with Gasteiger partial charge in [0.15, 0.2) is 18.7 Å². The first-order valence-electron chi connectivity index (χ1n) is 21.1. The lowest BCUT2D eigenvalue weighted by Gasteiger charge is -2.75. The Bertz CT molecular complexity index is 1520. The summed E-state index contributed by atoms with van der Waals surface area (Å²) in [5.41, 5.74) is -2.30. The van der Waals surface area contributed by atoms with Crippen molar-refractivity contribution in [2.75, 3.05) is 6.61 Å². The predicted octanol–water partition coefficient (Wildman–Crippen LogP) is 3.20. The zero-order valence-corrected chi connectivity index (χ0v) is 34.2. The average molecular weight is 797 g/mol. The summed E-state index contributed by atoms with van der Waals surface area (Å²) in [5.74, 6) is -1.62. The molecule has 56 heavy (non-hydrogen) atoms. The van der Waals surface area contributed by atoms with Crippen LogP contribution in [0.4, 0.5) is 0 Å². The first-order chi connectivity index (χ1) is 26.0. The summed E-state index contributed by atoms with van der Waals surface area (Å²) in [7, 11) is 0. The Balaban J connectivity index is 1.19. The minimum atomic E-state index is -1.94. The smallest absolute Gasteiger partial charge is 0.335 e. The molecule has 0 spiro atoms. The number of carbonyl (C=O) groups is 2. The lowest BCUT2D eigenvalue weighted by Crippen LogP contribution is -2.71. The molecule has 19 atom stereocenters. The van der Waals surface area contributed by atoms with Crippen LogP contribution in [0, 0.1) is 50.2 Å². The summed E-state index contributed by atoms with van der Waals surface area (Å²) >= 11 is 0. The van der Waals surface area contributed by atoms with Crippen molar-refractivity contribution in [3.63, 3.8) is 0 Å². The number of fused-ring (bicyclic) bond motifs is 7. The average Bonchev–Trinajstić information content (AvgIpc) is 3.10. The number of aliphatic carboxylic acids is 2. The largest absolute Gasteiger partial charge is 0.481 e. The summed E-state index contributed by atoms with van der Waals surface area (Å²) < 4.78 is 24.4. The van der Waals surface area contributed by atoms with E-state index in [4.69, 9.17) is 18.9 Å². The molecule has 14 nitrogen and oxygen atoms in total. The first-order valence-corrected chi connectivity index (χ1v) is 21.1. The van der Waals surface area contributed by atoms with Crippen LogP contribution in [0.5, 0.6) is 0 Å². The van der Waals surface area contributed by atoms with Crippen LogP contribution in [0.25, 0.3) is 0 Å². The Morgan fingerprint density at radius 3 is 1.93 bits per heavy atom. The summed E-state index contributed by atoms with van der Waals surface area (Å²) in [6.07, 6.45) is -7.02. The Kier molecular flexibility index (Phi) is 10.7. The Morgan fingerprint density at radius 2 is 1.29 bits per heavy atom. The zero-order chi connectivity index (χ0) is 41.2. The summed E-state index contributed by atoms with van der Waals surface area (Å²) in [4.78, 5) is 25.6. The molecule has 0 bridgehead atoms. The highest BCUT2D eigenvalue weighted by Gasteiger charge is 2.74. The summed E-state index contributed by atoms with van der Waals surface area (Å²) in [6.45, 7) is 15.5. The fourth-order valence-electron chi connectivity index (χ4n) is 15.0. The fraction of sp³-hybridized carbons (Fsp3) is 0.952. The highest BCUT2D eigenvalue weighted by atomic mass is 16.8. The van der Waals surface area contributed by atoms with E-state index in [-0.39, 0.29) is 38.9 Å². The Labute approximate surface area is 330 Å². The molecule has 2 saturated heterocycles. The number of hydrogen-bond donors (Lipinski definition) is 8. The van der Waals surface area contributed by atoms with E-state index >= 15 is 0 Å². The number of hydrogen-bond acceptors (Lipinski definition) is 12. The molecule has 0 amide bonds. The lowest BCUT2D eigenvalue weighted by atomic mass is 9.29. The Morgan fingerprint density at radius 1 is 0.643 bits per heavy atom. The topological polar surface area (TPSA) is 233 Å². The van der Waals surface area contributed by atoms with Gasteiger partial charge in [0.1, 0.15) is 42.7 Å². The van der Waals surface area contributed by atoms with E-state index in [2.05, 4.69) is 41.5 Å². The van der Waals surface area contributed by atoms with E-state index in [1.807, 2.05) is 6.92 Å². The van der Waals surface area contributed by atoms with E-state index in [1.54, 1.807) is 0 Å². The van der Waals surface area contributed by atoms with Gasteiger partial charge in [-0.05, 0) is 122 Å². The highest BCUT2D eigenvalue weighted by Crippen LogP contribution is 2.79. The maximum atomic E-state index is 13.3. The molecule has 7 aliphatic rings. The van der Waals surface area contributed by atoms with E-state index < -0.39 is 91.0 Å². The van der Waals surface area contributed by atoms with Crippen LogP contribution in [0.3, 0.4) is 0 Å². The summed E-state index contributed by atoms with van der Waals surface area (Å²) in [5, 5.41) is 84.4. The molecule has 320 valence electrons. The van der Waals surface area contributed by atoms with Gasteiger partial charge in [-0.15, -0.1) is 0 Å². The van der Waals surface area contributed by atoms with Gasteiger partial charge in [-0.3, -0.25) is 4.79 Å². The van der Waals surface area contributed by atoms with Crippen molar-refractivity contribution < 1.29 is 69.4 Å². The molecule has 7 fully saturated rings. The summed E-state index contributed by atoms with van der Waals surface area (Å²) in [6, 6.07) is 0. The zero-order valence-electron chi connectivity index (χ0n) is 34.2. The molecule has 0 aromatic rings. The minimum Gasteiger partial charge on any atom is -0.481 e. The van der Waals surface area contributed by atoms with E-state index in [0.717, 1.165) is 57.8 Å². The maximum Gasteiger partial charge on any atom is 0.335 e. The Hall–Kier alpha value is -1.46. The van der Waals surface area contributed by atoms with Crippen molar-refractivity contribution >= 4 is 11.9 Å². The quantitative estimate of drug-likeness (QED) is 0.185. The number of rotatable bonds is 7. The van der Waals surface area contributed by atoms with Crippen LogP contribution in [-0.2, 0) is 28.5 Å². The minimum absolute atomic E-state index is 0.0170. The van der Waals surface area contributed by atoms with Gasteiger partial charge in [-0.2, -0.15) is 0 Å². The van der Waals surface area contributed by atoms with Gasteiger partial charge in [-0.1, -0.05) is 48.0 Å². The molecule has 2 aliphatic heterocycles. The van der Waals surface area contributed by atoms with Crippen LogP contribution >= 0.6 is 0 Å². The molecular formula is C42H68O14. The number of carboxylic acid groups (broad SMARTS) is 2. The third-order valence-electron chi connectivity index (χ3n) is 18.0. The van der Waals surface area contributed by atoms with Gasteiger partial charge < -0.3 is 59.8 Å². The molecule has 8 N–H and O–H groups in total.